The number of hydrogen-bond donors (Lipinski definition) is 0. The quantitative estimate of drug-likeness (QED) is 0.472. The molecule has 0 N–H and O–H groups in total. The Bertz CT molecular complexity index is 190. The van der Waals surface area contributed by atoms with Crippen LogP contribution < -0.4 is 0 Å². The molecule has 0 bridgehead atoms. The van der Waals surface area contributed by atoms with Crippen molar-refractivity contribution in [1.82, 2.24) is 0 Å². The lowest BCUT2D eigenvalue weighted by Crippen LogP contribution is -2.19. The van der Waals surface area contributed by atoms with Crippen LogP contribution in [0, 0.1) is 11.8 Å². The standard InChI is InChI=1S/C14H26O/c1-5-6-7-8-9-10-11-12-13-15-14(2,3)4/h5-9,12-13H2,1-4H3. The van der Waals surface area contributed by atoms with Crippen molar-refractivity contribution in [2.24, 2.45) is 0 Å². The van der Waals surface area contributed by atoms with Crippen LogP contribution in [-0.2, 0) is 4.74 Å². The van der Waals surface area contributed by atoms with Crippen LogP contribution in [0.1, 0.15) is 66.2 Å². The first-order valence-corrected chi connectivity index (χ1v) is 6.16. The summed E-state index contributed by atoms with van der Waals surface area (Å²) in [6.45, 7) is 9.21. The Balaban J connectivity index is 3.24. The van der Waals surface area contributed by atoms with Gasteiger partial charge in [0.2, 0.25) is 0 Å². The molecule has 0 fully saturated rings. The van der Waals surface area contributed by atoms with E-state index < -0.39 is 0 Å². The molecule has 0 atom stereocenters. The van der Waals surface area contributed by atoms with Crippen molar-refractivity contribution < 1.29 is 4.74 Å². The molecule has 88 valence electrons. The van der Waals surface area contributed by atoms with E-state index in [4.69, 9.17) is 4.74 Å². The maximum absolute atomic E-state index is 5.57. The van der Waals surface area contributed by atoms with Crippen molar-refractivity contribution in [2.45, 2.75) is 71.8 Å². The van der Waals surface area contributed by atoms with Crippen molar-refractivity contribution in [2.75, 3.05) is 6.61 Å². The van der Waals surface area contributed by atoms with E-state index in [0.717, 1.165) is 19.4 Å². The zero-order chi connectivity index (χ0) is 11.6. The van der Waals surface area contributed by atoms with Gasteiger partial charge in [-0.05, 0) is 27.2 Å². The fourth-order valence-corrected chi connectivity index (χ4v) is 1.23. The third-order valence-electron chi connectivity index (χ3n) is 2.04. The first-order valence-electron chi connectivity index (χ1n) is 6.16. The summed E-state index contributed by atoms with van der Waals surface area (Å²) >= 11 is 0. The molecule has 0 aromatic carbocycles. The summed E-state index contributed by atoms with van der Waals surface area (Å²) in [7, 11) is 0. The molecule has 0 spiro atoms. The highest BCUT2D eigenvalue weighted by molar-refractivity contribution is 4.98. The van der Waals surface area contributed by atoms with Gasteiger partial charge in [-0.25, -0.2) is 0 Å². The molecule has 0 aromatic heterocycles. The van der Waals surface area contributed by atoms with E-state index in [0.29, 0.717) is 0 Å². The van der Waals surface area contributed by atoms with Gasteiger partial charge in [-0.3, -0.25) is 0 Å². The van der Waals surface area contributed by atoms with Crippen LogP contribution in [0.25, 0.3) is 0 Å². The Labute approximate surface area is 95.6 Å². The van der Waals surface area contributed by atoms with Crippen molar-refractivity contribution in [3.8, 4) is 11.8 Å². The van der Waals surface area contributed by atoms with Gasteiger partial charge in [-0.15, -0.1) is 11.8 Å². The largest absolute Gasteiger partial charge is 0.375 e. The van der Waals surface area contributed by atoms with Crippen LogP contribution in [0.2, 0.25) is 0 Å². The summed E-state index contributed by atoms with van der Waals surface area (Å²) in [4.78, 5) is 0. The zero-order valence-corrected chi connectivity index (χ0v) is 10.9. The molecule has 1 nitrogen and oxygen atoms in total. The summed E-state index contributed by atoms with van der Waals surface area (Å²) < 4.78 is 5.57. The van der Waals surface area contributed by atoms with Crippen LogP contribution in [-0.4, -0.2) is 12.2 Å². The fraction of sp³-hybridized carbons (Fsp3) is 0.857. The van der Waals surface area contributed by atoms with E-state index in [1.807, 2.05) is 0 Å². The Hall–Kier alpha value is -0.480. The van der Waals surface area contributed by atoms with E-state index in [9.17, 15) is 0 Å². The average Bonchev–Trinajstić information content (AvgIpc) is 2.14. The number of ether oxygens (including phenoxy) is 1. The van der Waals surface area contributed by atoms with Crippen LogP contribution in [0.4, 0.5) is 0 Å². The second-order valence-corrected chi connectivity index (χ2v) is 4.88. The van der Waals surface area contributed by atoms with E-state index in [1.165, 1.54) is 25.7 Å². The van der Waals surface area contributed by atoms with Crippen LogP contribution in [0.5, 0.6) is 0 Å². The molecule has 0 amide bonds. The Morgan fingerprint density at radius 3 is 2.20 bits per heavy atom. The predicted octanol–water partition coefficient (Wildman–Crippen LogP) is 4.17. The number of rotatable bonds is 6. The summed E-state index contributed by atoms with van der Waals surface area (Å²) in [5.74, 6) is 6.36. The Morgan fingerprint density at radius 1 is 0.933 bits per heavy atom. The minimum Gasteiger partial charge on any atom is -0.375 e. The highest BCUT2D eigenvalue weighted by Crippen LogP contribution is 2.06. The molecule has 15 heavy (non-hydrogen) atoms. The molecule has 0 rings (SSSR count). The van der Waals surface area contributed by atoms with E-state index in [1.54, 1.807) is 0 Å². The van der Waals surface area contributed by atoms with Gasteiger partial charge in [0.15, 0.2) is 0 Å². The monoisotopic (exact) mass is 210 g/mol. The summed E-state index contributed by atoms with van der Waals surface area (Å²) in [5, 5.41) is 0. The average molecular weight is 210 g/mol. The zero-order valence-electron chi connectivity index (χ0n) is 10.9. The smallest absolute Gasteiger partial charge is 0.0598 e. The topological polar surface area (TPSA) is 9.23 Å². The van der Waals surface area contributed by atoms with Gasteiger partial charge in [0, 0.05) is 12.8 Å². The molecule has 0 saturated heterocycles. The lowest BCUT2D eigenvalue weighted by molar-refractivity contribution is 0.000593. The molecule has 0 heterocycles. The van der Waals surface area contributed by atoms with Gasteiger partial charge in [-0.1, -0.05) is 26.2 Å². The molecular formula is C14H26O. The lowest BCUT2D eigenvalue weighted by atomic mass is 10.1. The van der Waals surface area contributed by atoms with Crippen molar-refractivity contribution >= 4 is 0 Å². The van der Waals surface area contributed by atoms with Crippen molar-refractivity contribution in [1.29, 1.82) is 0 Å². The van der Waals surface area contributed by atoms with Crippen LogP contribution in [0.15, 0.2) is 0 Å². The third-order valence-corrected chi connectivity index (χ3v) is 2.04. The number of hydrogen-bond acceptors (Lipinski definition) is 1. The van der Waals surface area contributed by atoms with Gasteiger partial charge in [0.05, 0.1) is 12.2 Å². The minimum atomic E-state index is -0.0250. The van der Waals surface area contributed by atoms with Gasteiger partial charge in [0.25, 0.3) is 0 Å². The second kappa shape index (κ2) is 8.80. The maximum Gasteiger partial charge on any atom is 0.0598 e. The van der Waals surface area contributed by atoms with Crippen molar-refractivity contribution in [3.63, 3.8) is 0 Å². The molecule has 1 heteroatoms. The minimum absolute atomic E-state index is 0.0250. The lowest BCUT2D eigenvalue weighted by Gasteiger charge is -2.18. The first kappa shape index (κ1) is 14.5. The fourth-order valence-electron chi connectivity index (χ4n) is 1.23. The van der Waals surface area contributed by atoms with Gasteiger partial charge in [-0.2, -0.15) is 0 Å². The molecule has 0 aliphatic heterocycles. The van der Waals surface area contributed by atoms with E-state index in [2.05, 4.69) is 39.5 Å². The Kier molecular flexibility index (Phi) is 8.52. The normalized spacial score (nSPS) is 10.9. The second-order valence-electron chi connectivity index (χ2n) is 4.88. The Morgan fingerprint density at radius 2 is 1.60 bits per heavy atom. The van der Waals surface area contributed by atoms with Crippen molar-refractivity contribution in [3.05, 3.63) is 0 Å². The van der Waals surface area contributed by atoms with Gasteiger partial charge in [0.1, 0.15) is 0 Å². The third kappa shape index (κ3) is 13.5. The van der Waals surface area contributed by atoms with Gasteiger partial charge < -0.3 is 4.74 Å². The van der Waals surface area contributed by atoms with Gasteiger partial charge >= 0.3 is 0 Å². The summed E-state index contributed by atoms with van der Waals surface area (Å²) in [5.41, 5.74) is -0.0250. The molecule has 0 aliphatic rings. The number of unbranched alkanes of at least 4 members (excludes halogenated alkanes) is 4. The maximum atomic E-state index is 5.57. The van der Waals surface area contributed by atoms with Crippen LogP contribution in [0.3, 0.4) is 0 Å². The van der Waals surface area contributed by atoms with E-state index >= 15 is 0 Å². The first-order chi connectivity index (χ1) is 7.06. The predicted molar refractivity (Wildman–Crippen MR) is 66.9 cm³/mol. The molecule has 0 unspecified atom stereocenters. The van der Waals surface area contributed by atoms with Crippen LogP contribution >= 0.6 is 0 Å². The summed E-state index contributed by atoms with van der Waals surface area (Å²) in [6.07, 6.45) is 7.13. The highest BCUT2D eigenvalue weighted by atomic mass is 16.5. The summed E-state index contributed by atoms with van der Waals surface area (Å²) in [6, 6.07) is 0. The highest BCUT2D eigenvalue weighted by Gasteiger charge is 2.07. The molecule has 0 aromatic rings. The molecule has 0 aliphatic carbocycles. The molecule has 0 radical (unpaired) electrons. The SMILES string of the molecule is CCCCCCC#CCCOC(C)(C)C. The molecular weight excluding hydrogens is 184 g/mol. The molecule has 0 saturated carbocycles. The van der Waals surface area contributed by atoms with E-state index in [-0.39, 0.29) is 5.60 Å².